The molecule has 1 aromatic heterocycles. The van der Waals surface area contributed by atoms with Gasteiger partial charge in [-0.3, -0.25) is 4.79 Å². The Hall–Kier alpha value is -3.94. The van der Waals surface area contributed by atoms with Crippen molar-refractivity contribution in [3.05, 3.63) is 93.8 Å². The summed E-state index contributed by atoms with van der Waals surface area (Å²) in [6.07, 6.45) is -0.607. The Morgan fingerprint density at radius 1 is 0.971 bits per heavy atom. The number of nitrogens with zero attached hydrogens (tertiary/aromatic N) is 4. The van der Waals surface area contributed by atoms with E-state index in [9.17, 15) is 18.0 Å². The average molecular weight is 477 g/mol. The average Bonchev–Trinajstić information content (AvgIpc) is 3.39. The number of aryl methyl sites for hydroxylation is 1. The number of aromatic nitrogens is 2. The zero-order valence-corrected chi connectivity index (χ0v) is 19.1. The molecule has 1 fully saturated rings. The molecule has 1 aliphatic heterocycles. The molecular weight excluding hydrogens is 453 g/mol. The second-order valence-corrected chi connectivity index (χ2v) is 8.63. The summed E-state index contributed by atoms with van der Waals surface area (Å²) in [6, 6.07) is 17.5. The minimum absolute atomic E-state index is 0.0439. The summed E-state index contributed by atoms with van der Waals surface area (Å²) in [5.74, 6) is 0.0439. The van der Waals surface area contributed by atoms with Crippen molar-refractivity contribution in [3.63, 3.8) is 0 Å². The monoisotopic (exact) mass is 476 g/mol. The molecule has 178 valence electrons. The van der Waals surface area contributed by atoms with Crippen LogP contribution >= 0.6 is 0 Å². The predicted molar refractivity (Wildman–Crippen MR) is 132 cm³/mol. The molecule has 1 saturated heterocycles. The van der Waals surface area contributed by atoms with E-state index in [1.807, 2.05) is 19.1 Å². The van der Waals surface area contributed by atoms with Gasteiger partial charge < -0.3 is 4.90 Å². The maximum Gasteiger partial charge on any atom is 0.416 e. The number of alkyl halides is 3. The molecule has 3 aromatic carbocycles. The molecule has 2 heterocycles. The fraction of sp³-hybridized carbons (Fsp3) is 0.222. The Kier molecular flexibility index (Phi) is 5.88. The Morgan fingerprint density at radius 2 is 1.74 bits per heavy atom. The van der Waals surface area contributed by atoms with E-state index in [4.69, 9.17) is 0 Å². The molecule has 5 nitrogen and oxygen atoms in total. The molecule has 0 aliphatic carbocycles. The van der Waals surface area contributed by atoms with Gasteiger partial charge in [0.1, 0.15) is 0 Å². The maximum absolute atomic E-state index is 13.4. The van der Waals surface area contributed by atoms with Crippen molar-refractivity contribution in [1.29, 1.82) is 0 Å². The number of fused-ring (bicyclic) bond motifs is 1. The zero-order chi connectivity index (χ0) is 24.6. The minimum atomic E-state index is -4.52. The van der Waals surface area contributed by atoms with Crippen LogP contribution < -0.4 is 10.5 Å². The number of halogens is 3. The molecule has 0 radical (unpaired) electrons. The van der Waals surface area contributed by atoms with Crippen molar-refractivity contribution in [3.8, 4) is 11.4 Å². The number of rotatable bonds is 4. The van der Waals surface area contributed by atoms with Crippen molar-refractivity contribution in [2.24, 2.45) is 5.10 Å². The van der Waals surface area contributed by atoms with Crippen LogP contribution in [0, 0.1) is 6.92 Å². The van der Waals surface area contributed by atoms with E-state index in [2.05, 4.69) is 21.1 Å². The first kappa shape index (κ1) is 22.8. The van der Waals surface area contributed by atoms with Crippen LogP contribution in [-0.2, 0) is 6.18 Å². The molecule has 0 bridgehead atoms. The Balaban J connectivity index is 1.61. The van der Waals surface area contributed by atoms with Crippen molar-refractivity contribution >= 4 is 22.8 Å². The van der Waals surface area contributed by atoms with Gasteiger partial charge in [-0.1, -0.05) is 30.3 Å². The van der Waals surface area contributed by atoms with Gasteiger partial charge in [0.2, 0.25) is 0 Å². The van der Waals surface area contributed by atoms with E-state index < -0.39 is 17.3 Å². The minimum Gasteiger partial charge on any atom is -0.372 e. The second-order valence-electron chi connectivity index (χ2n) is 8.63. The van der Waals surface area contributed by atoms with Gasteiger partial charge in [0.15, 0.2) is 5.82 Å². The molecule has 8 heteroatoms. The lowest BCUT2D eigenvalue weighted by Crippen LogP contribution is -2.20. The third-order valence-electron chi connectivity index (χ3n) is 6.24. The standard InChI is InChI=1S/C27H23F3N4O/c1-18-15-22(33-13-4-5-14-33)12-11-20(18)17-31-34-25(19-7-6-8-21(16-19)27(28,29)30)32-24-10-3-2-9-23(24)26(34)35/h2-3,6-12,15-17H,4-5,13-14H2,1H3. The number of benzene rings is 3. The molecule has 1 aliphatic rings. The van der Waals surface area contributed by atoms with Gasteiger partial charge >= 0.3 is 6.18 Å². The lowest BCUT2D eigenvalue weighted by Gasteiger charge is -2.18. The van der Waals surface area contributed by atoms with Crippen molar-refractivity contribution in [2.45, 2.75) is 25.9 Å². The third-order valence-corrected chi connectivity index (χ3v) is 6.24. The molecule has 0 unspecified atom stereocenters. The second kappa shape index (κ2) is 9.02. The van der Waals surface area contributed by atoms with E-state index in [1.165, 1.54) is 25.0 Å². The van der Waals surface area contributed by atoms with Gasteiger partial charge in [-0.15, -0.1) is 0 Å². The first-order valence-corrected chi connectivity index (χ1v) is 11.4. The van der Waals surface area contributed by atoms with Gasteiger partial charge in [-0.25, -0.2) is 4.98 Å². The highest BCUT2D eigenvalue weighted by Crippen LogP contribution is 2.32. The van der Waals surface area contributed by atoms with Crippen molar-refractivity contribution < 1.29 is 13.2 Å². The van der Waals surface area contributed by atoms with Crippen molar-refractivity contribution in [1.82, 2.24) is 9.66 Å². The highest BCUT2D eigenvalue weighted by atomic mass is 19.4. The van der Waals surface area contributed by atoms with Crippen LogP contribution in [0.5, 0.6) is 0 Å². The summed E-state index contributed by atoms with van der Waals surface area (Å²) in [5, 5.41) is 4.74. The van der Waals surface area contributed by atoms with Crippen LogP contribution in [0.3, 0.4) is 0 Å². The highest BCUT2D eigenvalue weighted by Gasteiger charge is 2.31. The van der Waals surface area contributed by atoms with Crippen LogP contribution in [0.15, 0.2) is 76.6 Å². The molecule has 0 amide bonds. The molecule has 5 rings (SSSR count). The van der Waals surface area contributed by atoms with Crippen LogP contribution in [0.4, 0.5) is 18.9 Å². The largest absolute Gasteiger partial charge is 0.416 e. The summed E-state index contributed by atoms with van der Waals surface area (Å²) < 4.78 is 41.1. The van der Waals surface area contributed by atoms with Crippen LogP contribution in [0.2, 0.25) is 0 Å². The lowest BCUT2D eigenvalue weighted by molar-refractivity contribution is -0.137. The Morgan fingerprint density at radius 3 is 2.49 bits per heavy atom. The van der Waals surface area contributed by atoms with E-state index in [1.54, 1.807) is 30.5 Å². The van der Waals surface area contributed by atoms with Gasteiger partial charge in [0, 0.05) is 24.3 Å². The summed E-state index contributed by atoms with van der Waals surface area (Å²) in [7, 11) is 0. The van der Waals surface area contributed by atoms with E-state index in [0.717, 1.165) is 46.7 Å². The molecule has 0 atom stereocenters. The topological polar surface area (TPSA) is 50.5 Å². The number of hydrogen-bond donors (Lipinski definition) is 0. The first-order chi connectivity index (χ1) is 16.8. The molecule has 35 heavy (non-hydrogen) atoms. The van der Waals surface area contributed by atoms with Crippen LogP contribution in [0.25, 0.3) is 22.3 Å². The number of para-hydroxylation sites is 1. The highest BCUT2D eigenvalue weighted by molar-refractivity contribution is 5.84. The molecular formula is C27H23F3N4O. The number of hydrogen-bond acceptors (Lipinski definition) is 4. The SMILES string of the molecule is Cc1cc(N2CCCC2)ccc1C=Nn1c(-c2cccc(C(F)(F)F)c2)nc2ccccc2c1=O. The van der Waals surface area contributed by atoms with Gasteiger partial charge in [0.25, 0.3) is 5.56 Å². The Labute approximate surface area is 200 Å². The summed E-state index contributed by atoms with van der Waals surface area (Å²) >= 11 is 0. The smallest absolute Gasteiger partial charge is 0.372 e. The molecule has 4 aromatic rings. The van der Waals surface area contributed by atoms with E-state index in [-0.39, 0.29) is 11.4 Å². The maximum atomic E-state index is 13.4. The van der Waals surface area contributed by atoms with Gasteiger partial charge in [0.05, 0.1) is 22.7 Å². The summed E-state index contributed by atoms with van der Waals surface area (Å²) in [5.41, 5.74) is 2.21. The fourth-order valence-electron chi connectivity index (χ4n) is 4.35. The fourth-order valence-corrected chi connectivity index (χ4v) is 4.35. The molecule has 0 N–H and O–H groups in total. The normalized spacial score (nSPS) is 14.3. The molecule has 0 spiro atoms. The summed E-state index contributed by atoms with van der Waals surface area (Å²) in [4.78, 5) is 20.2. The van der Waals surface area contributed by atoms with Crippen LogP contribution in [-0.4, -0.2) is 29.0 Å². The number of anilines is 1. The Bertz CT molecular complexity index is 1480. The summed E-state index contributed by atoms with van der Waals surface area (Å²) in [6.45, 7) is 4.03. The molecule has 0 saturated carbocycles. The third kappa shape index (κ3) is 4.56. The van der Waals surface area contributed by atoms with E-state index >= 15 is 0 Å². The lowest BCUT2D eigenvalue weighted by atomic mass is 10.1. The van der Waals surface area contributed by atoms with E-state index in [0.29, 0.717) is 10.9 Å². The predicted octanol–water partition coefficient (Wildman–Crippen LogP) is 5.87. The first-order valence-electron chi connectivity index (χ1n) is 11.4. The van der Waals surface area contributed by atoms with Gasteiger partial charge in [-0.2, -0.15) is 22.9 Å². The van der Waals surface area contributed by atoms with Crippen molar-refractivity contribution in [2.75, 3.05) is 18.0 Å². The zero-order valence-electron chi connectivity index (χ0n) is 19.1. The van der Waals surface area contributed by atoms with Gasteiger partial charge in [-0.05, 0) is 67.3 Å². The van der Waals surface area contributed by atoms with Crippen LogP contribution in [0.1, 0.15) is 29.5 Å². The quantitative estimate of drug-likeness (QED) is 0.346.